The number of methoxy groups -OCH3 is 1. The van der Waals surface area contributed by atoms with Crippen LogP contribution >= 0.6 is 0 Å². The third kappa shape index (κ3) is 2.06. The Kier molecular flexibility index (Phi) is 3.74. The summed E-state index contributed by atoms with van der Waals surface area (Å²) in [7, 11) is 1.72. The average Bonchev–Trinajstić information content (AvgIpc) is 3.36. The average molecular weight is 414 g/mol. The lowest BCUT2D eigenvalue weighted by Gasteiger charge is -2.63. The van der Waals surface area contributed by atoms with Crippen LogP contribution in [0.5, 0.6) is 0 Å². The molecule has 30 heavy (non-hydrogen) atoms. The standard InChI is InChI=1S/C24H30O6/c1-21-12-24(28-2)20-18(4-3-15-10-16(25)5-7-22(15,20)13-30-24)23(21,27)8-6-17(21)14-9-19(26)29-11-14/h9-10,17-18,20,27H,3-8,11-13H2,1-2H3/t17-,18-,20+,21-,22-,23-,24-/m1/s1. The molecule has 0 amide bonds. The van der Waals surface area contributed by atoms with E-state index in [9.17, 15) is 14.7 Å². The van der Waals surface area contributed by atoms with Crippen molar-refractivity contribution in [2.75, 3.05) is 20.3 Å². The molecule has 4 fully saturated rings. The Morgan fingerprint density at radius 2 is 2.00 bits per heavy atom. The molecule has 0 unspecified atom stereocenters. The largest absolute Gasteiger partial charge is 0.458 e. The van der Waals surface area contributed by atoms with Crippen LogP contribution in [0, 0.1) is 28.6 Å². The summed E-state index contributed by atoms with van der Waals surface area (Å²) < 4.78 is 18.0. The molecule has 0 aromatic carbocycles. The van der Waals surface area contributed by atoms with Crippen molar-refractivity contribution in [1.82, 2.24) is 0 Å². The topological polar surface area (TPSA) is 82.1 Å². The first kappa shape index (κ1) is 19.2. The number of esters is 1. The van der Waals surface area contributed by atoms with Gasteiger partial charge in [-0.3, -0.25) is 4.79 Å². The molecule has 2 heterocycles. The van der Waals surface area contributed by atoms with Crippen molar-refractivity contribution in [2.45, 2.75) is 63.3 Å². The van der Waals surface area contributed by atoms with Crippen molar-refractivity contribution in [3.63, 3.8) is 0 Å². The zero-order valence-corrected chi connectivity index (χ0v) is 17.7. The second kappa shape index (κ2) is 5.84. The van der Waals surface area contributed by atoms with Crippen LogP contribution < -0.4 is 0 Å². The summed E-state index contributed by atoms with van der Waals surface area (Å²) in [5.74, 6) is -0.662. The number of cyclic esters (lactones) is 1. The highest BCUT2D eigenvalue weighted by atomic mass is 16.7. The van der Waals surface area contributed by atoms with Crippen LogP contribution in [0.3, 0.4) is 0 Å². The highest BCUT2D eigenvalue weighted by Crippen LogP contribution is 2.74. The minimum Gasteiger partial charge on any atom is -0.458 e. The van der Waals surface area contributed by atoms with E-state index < -0.39 is 16.8 Å². The first-order chi connectivity index (χ1) is 14.3. The van der Waals surface area contributed by atoms with Gasteiger partial charge in [0, 0.05) is 42.8 Å². The van der Waals surface area contributed by atoms with Crippen molar-refractivity contribution < 1.29 is 28.9 Å². The van der Waals surface area contributed by atoms with E-state index in [1.165, 1.54) is 5.57 Å². The highest BCUT2D eigenvalue weighted by molar-refractivity contribution is 5.91. The first-order valence-electron chi connectivity index (χ1n) is 11.3. The van der Waals surface area contributed by atoms with Crippen LogP contribution in [0.15, 0.2) is 23.3 Å². The Morgan fingerprint density at radius 1 is 1.17 bits per heavy atom. The minimum atomic E-state index is -0.843. The maximum absolute atomic E-state index is 12.3. The second-order valence-corrected chi connectivity index (χ2v) is 10.7. The van der Waals surface area contributed by atoms with E-state index in [2.05, 4.69) is 6.92 Å². The number of rotatable bonds is 2. The van der Waals surface area contributed by atoms with Crippen LogP contribution in [0.1, 0.15) is 51.9 Å². The fourth-order valence-corrected chi connectivity index (χ4v) is 8.56. The number of ketones is 1. The van der Waals surface area contributed by atoms with Crippen LogP contribution in [0.25, 0.3) is 0 Å². The molecule has 4 aliphatic carbocycles. The first-order valence-corrected chi connectivity index (χ1v) is 11.3. The highest BCUT2D eigenvalue weighted by Gasteiger charge is 2.77. The number of hydrogen-bond donors (Lipinski definition) is 1. The van der Waals surface area contributed by atoms with Gasteiger partial charge in [-0.2, -0.15) is 0 Å². The van der Waals surface area contributed by atoms with Gasteiger partial charge in [-0.1, -0.05) is 12.5 Å². The summed E-state index contributed by atoms with van der Waals surface area (Å²) in [6.07, 6.45) is 8.63. The van der Waals surface area contributed by atoms with Gasteiger partial charge in [-0.25, -0.2) is 4.79 Å². The molecule has 0 bridgehead atoms. The van der Waals surface area contributed by atoms with Crippen molar-refractivity contribution in [3.8, 4) is 0 Å². The Bertz CT molecular complexity index is 905. The molecule has 2 aliphatic heterocycles. The van der Waals surface area contributed by atoms with E-state index in [4.69, 9.17) is 14.2 Å². The van der Waals surface area contributed by atoms with Crippen molar-refractivity contribution >= 4 is 11.8 Å². The molecular formula is C24H30O6. The summed E-state index contributed by atoms with van der Waals surface area (Å²) in [5.41, 5.74) is 0.702. The fraction of sp³-hybridized carbons (Fsp3) is 0.750. The smallest absolute Gasteiger partial charge is 0.331 e. The molecule has 1 spiro atoms. The number of carbonyl (C=O) groups is 2. The van der Waals surface area contributed by atoms with Crippen LogP contribution in [0.2, 0.25) is 0 Å². The van der Waals surface area contributed by atoms with Gasteiger partial charge in [0.25, 0.3) is 0 Å². The van der Waals surface area contributed by atoms with Gasteiger partial charge in [0.1, 0.15) is 6.61 Å². The van der Waals surface area contributed by atoms with Gasteiger partial charge in [-0.05, 0) is 55.6 Å². The molecule has 6 nitrogen and oxygen atoms in total. The lowest BCUT2D eigenvalue weighted by molar-refractivity contribution is -0.309. The van der Waals surface area contributed by atoms with Gasteiger partial charge in [0.05, 0.1) is 12.2 Å². The van der Waals surface area contributed by atoms with E-state index in [1.54, 1.807) is 13.2 Å². The van der Waals surface area contributed by atoms with Crippen molar-refractivity contribution in [1.29, 1.82) is 0 Å². The lowest BCUT2D eigenvalue weighted by Crippen LogP contribution is -2.68. The molecule has 0 aromatic rings. The SMILES string of the molecule is CO[C@]12C[C@]3(C)[C@@H](C4=CC(=O)OC4)CC[C@@]3(O)[C@@H]3CCC4=CC(=O)CC[C@]4(CO1)[C@H]32. The quantitative estimate of drug-likeness (QED) is 0.700. The van der Waals surface area contributed by atoms with Gasteiger partial charge >= 0.3 is 5.97 Å². The molecule has 0 radical (unpaired) electrons. The summed E-state index contributed by atoms with van der Waals surface area (Å²) in [6.45, 7) is 3.04. The molecule has 6 heteroatoms. The molecule has 7 atom stereocenters. The van der Waals surface area contributed by atoms with E-state index in [0.717, 1.165) is 31.3 Å². The van der Waals surface area contributed by atoms with Gasteiger partial charge in [-0.15, -0.1) is 0 Å². The zero-order chi connectivity index (χ0) is 20.9. The number of fused-ring (bicyclic) bond motifs is 2. The maximum atomic E-state index is 12.3. The van der Waals surface area contributed by atoms with E-state index in [0.29, 0.717) is 32.5 Å². The molecule has 1 N–H and O–H groups in total. The van der Waals surface area contributed by atoms with Crippen molar-refractivity contribution in [2.24, 2.45) is 28.6 Å². The van der Waals surface area contributed by atoms with E-state index in [-0.39, 0.29) is 34.9 Å². The molecule has 6 aliphatic rings. The van der Waals surface area contributed by atoms with E-state index >= 15 is 0 Å². The van der Waals surface area contributed by atoms with Gasteiger partial charge in [0.15, 0.2) is 11.6 Å². The third-order valence-corrected chi connectivity index (χ3v) is 9.84. The minimum absolute atomic E-state index is 0.0488. The Morgan fingerprint density at radius 3 is 2.73 bits per heavy atom. The Balaban J connectivity index is 1.48. The molecule has 162 valence electrons. The molecular weight excluding hydrogens is 384 g/mol. The predicted octanol–water partition coefficient (Wildman–Crippen LogP) is 2.70. The molecule has 3 saturated carbocycles. The third-order valence-electron chi connectivity index (χ3n) is 9.84. The summed E-state index contributed by atoms with van der Waals surface area (Å²) in [4.78, 5) is 23.9. The zero-order valence-electron chi connectivity index (χ0n) is 17.7. The summed E-state index contributed by atoms with van der Waals surface area (Å²) in [6, 6.07) is 0. The van der Waals surface area contributed by atoms with Crippen molar-refractivity contribution in [3.05, 3.63) is 23.3 Å². The number of aliphatic hydroxyl groups is 1. The van der Waals surface area contributed by atoms with Crippen LogP contribution in [0.4, 0.5) is 0 Å². The molecule has 6 rings (SSSR count). The molecule has 1 saturated heterocycles. The van der Waals surface area contributed by atoms with Gasteiger partial charge < -0.3 is 19.3 Å². The van der Waals surface area contributed by atoms with E-state index in [1.807, 2.05) is 6.08 Å². The van der Waals surface area contributed by atoms with Gasteiger partial charge in [0.2, 0.25) is 0 Å². The number of hydrogen-bond acceptors (Lipinski definition) is 6. The summed E-state index contributed by atoms with van der Waals surface area (Å²) in [5, 5.41) is 12.3. The second-order valence-electron chi connectivity index (χ2n) is 10.7. The summed E-state index contributed by atoms with van der Waals surface area (Å²) >= 11 is 0. The normalized spacial score (nSPS) is 51.6. The molecule has 0 aromatic heterocycles. The Hall–Kier alpha value is -1.50. The van der Waals surface area contributed by atoms with Crippen LogP contribution in [-0.4, -0.2) is 48.6 Å². The lowest BCUT2D eigenvalue weighted by atomic mass is 9.44. The fourth-order valence-electron chi connectivity index (χ4n) is 8.56. The maximum Gasteiger partial charge on any atom is 0.331 e. The Labute approximate surface area is 176 Å². The monoisotopic (exact) mass is 414 g/mol. The predicted molar refractivity (Wildman–Crippen MR) is 106 cm³/mol. The number of carbonyl (C=O) groups excluding carboxylic acids is 2. The van der Waals surface area contributed by atoms with Crippen LogP contribution in [-0.2, 0) is 23.8 Å². The number of ether oxygens (including phenoxy) is 3.